The van der Waals surface area contributed by atoms with Crippen LogP contribution in [0.2, 0.25) is 0 Å². The van der Waals surface area contributed by atoms with Crippen LogP contribution in [0, 0.1) is 56.7 Å². The maximum Gasteiger partial charge on any atom is 0.317 e. The normalized spacial score (nSPS) is 48.3. The minimum Gasteiger partial charge on any atom is -0.481 e. The van der Waals surface area contributed by atoms with E-state index < -0.39 is 29.7 Å². The lowest BCUT2D eigenvalue weighted by Crippen LogP contribution is -2.65. The second kappa shape index (κ2) is 9.08. The summed E-state index contributed by atoms with van der Waals surface area (Å²) in [5.74, 6) is -0.522. The van der Waals surface area contributed by atoms with Crippen LogP contribution >= 0.6 is 0 Å². The Bertz CT molecular complexity index is 1090. The molecule has 0 aliphatic heterocycles. The Balaban J connectivity index is 1.50. The van der Waals surface area contributed by atoms with Crippen LogP contribution in [-0.4, -0.2) is 34.2 Å². The van der Waals surface area contributed by atoms with Crippen molar-refractivity contribution >= 4 is 17.9 Å². The number of esters is 1. The molecule has 0 amide bonds. The highest BCUT2D eigenvalue weighted by Gasteiger charge is 2.69. The third-order valence-electron chi connectivity index (χ3n) is 13.9. The minimum atomic E-state index is -1.15. The lowest BCUT2D eigenvalue weighted by molar-refractivity contribution is -0.214. The van der Waals surface area contributed by atoms with Crippen LogP contribution in [0.4, 0.5) is 0 Å². The number of hydrogen-bond acceptors (Lipinski definition) is 4. The van der Waals surface area contributed by atoms with Gasteiger partial charge in [0.05, 0.1) is 5.41 Å². The summed E-state index contributed by atoms with van der Waals surface area (Å²) < 4.78 is 5.81. The maximum atomic E-state index is 12.9. The van der Waals surface area contributed by atoms with Gasteiger partial charge < -0.3 is 14.9 Å². The molecule has 5 rings (SSSR count). The minimum absolute atomic E-state index is 0.0201. The number of rotatable bonds is 4. The van der Waals surface area contributed by atoms with Gasteiger partial charge in [-0.1, -0.05) is 60.1 Å². The van der Waals surface area contributed by atoms with Crippen molar-refractivity contribution in [1.29, 1.82) is 0 Å². The Kier molecular flexibility index (Phi) is 6.67. The number of carbonyl (C=O) groups excluding carboxylic acids is 1. The maximum absolute atomic E-state index is 12.9. The Hall–Kier alpha value is -1.85. The number of carboxylic acids is 2. The van der Waals surface area contributed by atoms with Crippen molar-refractivity contribution in [3.8, 4) is 0 Å². The highest BCUT2D eigenvalue weighted by Crippen LogP contribution is 2.75. The number of carboxylic acid groups (broad SMARTS) is 2. The number of aliphatic carboxylic acids is 2. The van der Waals surface area contributed by atoms with Gasteiger partial charge in [-0.2, -0.15) is 0 Å². The summed E-state index contributed by atoms with van der Waals surface area (Å²) in [6.07, 6.45) is 9.99. The molecule has 0 bridgehead atoms. The first-order valence-electron chi connectivity index (χ1n) is 15.4. The number of allylic oxidation sites excluding steroid dienone is 2. The molecule has 0 aromatic heterocycles. The molecule has 0 spiro atoms. The van der Waals surface area contributed by atoms with Crippen LogP contribution < -0.4 is 0 Å². The van der Waals surface area contributed by atoms with Crippen molar-refractivity contribution < 1.29 is 29.3 Å². The van der Waals surface area contributed by atoms with Gasteiger partial charge in [-0.25, -0.2) is 0 Å². The standard InChI is InChI=1S/C33H50O6/c1-19-10-15-33(28(37)38)17-16-31(6)21(27(33)20(19)2)8-9-23-30(5)13-12-24(39-26(36)18-25(34)35)29(3,4)22(30)11-14-32(23,31)7/h8,19-20,22-24,27H,9-18H2,1-7H3,(H,34,35)(H,37,38)/t19-,20+,22+,23-,24+,27?,30+,31-,32-,33+/m1/s1. The first kappa shape index (κ1) is 28.7. The molecule has 0 heterocycles. The summed E-state index contributed by atoms with van der Waals surface area (Å²) in [4.78, 5) is 36.3. The second-order valence-corrected chi connectivity index (χ2v) is 15.5. The quantitative estimate of drug-likeness (QED) is 0.223. The van der Waals surface area contributed by atoms with E-state index >= 15 is 0 Å². The zero-order valence-corrected chi connectivity index (χ0v) is 25.1. The topological polar surface area (TPSA) is 101 Å². The number of ether oxygens (including phenoxy) is 1. The molecule has 0 radical (unpaired) electrons. The molecule has 0 saturated heterocycles. The highest BCUT2D eigenvalue weighted by molar-refractivity contribution is 5.90. The van der Waals surface area contributed by atoms with Gasteiger partial charge in [0.1, 0.15) is 12.5 Å². The summed E-state index contributed by atoms with van der Waals surface area (Å²) >= 11 is 0. The summed E-state index contributed by atoms with van der Waals surface area (Å²) in [5.41, 5.74) is 0.716. The molecule has 1 unspecified atom stereocenters. The number of fused-ring (bicyclic) bond motifs is 7. The molecule has 39 heavy (non-hydrogen) atoms. The van der Waals surface area contributed by atoms with Gasteiger partial charge in [0.25, 0.3) is 0 Å². The SMILES string of the molecule is C[C@@H]1CC[C@]2(C(=O)O)CC[C@]3(C)C(=CC[C@@H]4[C@@]5(C)CC[C@H](OC(=O)CC(=O)O)C(C)(C)[C@@H]5CC[C@]43C)C2[C@H]1C. The van der Waals surface area contributed by atoms with E-state index in [0.717, 1.165) is 57.8 Å². The molecule has 6 nitrogen and oxygen atoms in total. The van der Waals surface area contributed by atoms with Gasteiger partial charge in [0.2, 0.25) is 0 Å². The predicted octanol–water partition coefficient (Wildman–Crippen LogP) is 7.12. The molecule has 4 fully saturated rings. The fourth-order valence-electron chi connectivity index (χ4n) is 11.4. The number of carbonyl (C=O) groups is 3. The second-order valence-electron chi connectivity index (χ2n) is 15.5. The van der Waals surface area contributed by atoms with Crippen molar-refractivity contribution in [2.45, 2.75) is 119 Å². The van der Waals surface area contributed by atoms with Crippen LogP contribution in [0.5, 0.6) is 0 Å². The fraction of sp³-hybridized carbons (Fsp3) is 0.848. The molecule has 0 aromatic carbocycles. The average molecular weight is 543 g/mol. The Morgan fingerprint density at radius 1 is 0.897 bits per heavy atom. The molecule has 5 aliphatic rings. The summed E-state index contributed by atoms with van der Waals surface area (Å²) in [6.45, 7) is 16.5. The largest absolute Gasteiger partial charge is 0.481 e. The smallest absolute Gasteiger partial charge is 0.317 e. The molecular formula is C33H50O6. The lowest BCUT2D eigenvalue weighted by Gasteiger charge is -2.71. The van der Waals surface area contributed by atoms with E-state index in [1.807, 2.05) is 0 Å². The Labute approximate surface area is 234 Å². The van der Waals surface area contributed by atoms with E-state index in [1.54, 1.807) is 0 Å². The van der Waals surface area contributed by atoms with Crippen LogP contribution in [0.3, 0.4) is 0 Å². The van der Waals surface area contributed by atoms with E-state index in [2.05, 4.69) is 54.5 Å². The lowest BCUT2D eigenvalue weighted by atomic mass is 9.33. The van der Waals surface area contributed by atoms with Crippen LogP contribution in [0.15, 0.2) is 11.6 Å². The number of hydrogen-bond donors (Lipinski definition) is 2. The van der Waals surface area contributed by atoms with Crippen molar-refractivity contribution in [3.63, 3.8) is 0 Å². The molecule has 0 aromatic rings. The van der Waals surface area contributed by atoms with E-state index in [9.17, 15) is 19.5 Å². The van der Waals surface area contributed by atoms with Gasteiger partial charge >= 0.3 is 17.9 Å². The van der Waals surface area contributed by atoms with Gasteiger partial charge in [-0.3, -0.25) is 14.4 Å². The first-order valence-corrected chi connectivity index (χ1v) is 15.4. The van der Waals surface area contributed by atoms with E-state index in [1.165, 1.54) is 5.57 Å². The van der Waals surface area contributed by atoms with Crippen molar-refractivity contribution in [2.24, 2.45) is 56.7 Å². The van der Waals surface area contributed by atoms with Gasteiger partial charge in [-0.05, 0) is 104 Å². The van der Waals surface area contributed by atoms with Crippen LogP contribution in [0.25, 0.3) is 0 Å². The molecule has 6 heteroatoms. The molecule has 5 aliphatic carbocycles. The van der Waals surface area contributed by atoms with E-state index in [0.29, 0.717) is 23.7 Å². The summed E-state index contributed by atoms with van der Waals surface area (Å²) in [5, 5.41) is 19.7. The third kappa shape index (κ3) is 3.81. The average Bonchev–Trinajstić information content (AvgIpc) is 2.83. The Morgan fingerprint density at radius 3 is 2.23 bits per heavy atom. The summed E-state index contributed by atoms with van der Waals surface area (Å²) in [6, 6.07) is 0. The van der Waals surface area contributed by atoms with Gasteiger partial charge in [0, 0.05) is 5.41 Å². The predicted molar refractivity (Wildman–Crippen MR) is 149 cm³/mol. The van der Waals surface area contributed by atoms with Crippen molar-refractivity contribution in [1.82, 2.24) is 0 Å². The van der Waals surface area contributed by atoms with Crippen molar-refractivity contribution in [2.75, 3.05) is 0 Å². The van der Waals surface area contributed by atoms with Gasteiger partial charge in [-0.15, -0.1) is 0 Å². The zero-order valence-electron chi connectivity index (χ0n) is 25.1. The highest BCUT2D eigenvalue weighted by atomic mass is 16.5. The molecular weight excluding hydrogens is 492 g/mol. The van der Waals surface area contributed by atoms with E-state index in [-0.39, 0.29) is 33.7 Å². The van der Waals surface area contributed by atoms with Crippen LogP contribution in [-0.2, 0) is 19.1 Å². The molecule has 10 atom stereocenters. The third-order valence-corrected chi connectivity index (χ3v) is 13.9. The van der Waals surface area contributed by atoms with E-state index in [4.69, 9.17) is 9.84 Å². The Morgan fingerprint density at radius 2 is 1.59 bits per heavy atom. The molecule has 4 saturated carbocycles. The first-order chi connectivity index (χ1) is 18.0. The monoisotopic (exact) mass is 542 g/mol. The van der Waals surface area contributed by atoms with Crippen LogP contribution in [0.1, 0.15) is 113 Å². The molecule has 218 valence electrons. The fourth-order valence-corrected chi connectivity index (χ4v) is 11.4. The molecule has 2 N–H and O–H groups in total. The summed E-state index contributed by atoms with van der Waals surface area (Å²) in [7, 11) is 0. The van der Waals surface area contributed by atoms with Crippen molar-refractivity contribution in [3.05, 3.63) is 11.6 Å². The van der Waals surface area contributed by atoms with Gasteiger partial charge in [0.15, 0.2) is 0 Å². The zero-order chi connectivity index (χ0) is 28.8.